The molecule has 1 nitrogen and oxygen atoms in total. The van der Waals surface area contributed by atoms with Crippen molar-refractivity contribution in [2.75, 3.05) is 0 Å². The van der Waals surface area contributed by atoms with Gasteiger partial charge in [0.1, 0.15) is 11.3 Å². The van der Waals surface area contributed by atoms with Gasteiger partial charge < -0.3 is 4.42 Å². The second-order valence-corrected chi connectivity index (χ2v) is 5.59. The molecule has 1 fully saturated rings. The average molecular weight is 214 g/mol. The molecule has 1 aromatic carbocycles. The monoisotopic (exact) mass is 214 g/mol. The molecule has 0 amide bonds. The molecule has 1 heterocycles. The number of aryl methyl sites for hydroxylation is 1. The highest BCUT2D eigenvalue weighted by Crippen LogP contribution is 2.43. The van der Waals surface area contributed by atoms with Gasteiger partial charge in [-0.05, 0) is 43.4 Å². The van der Waals surface area contributed by atoms with E-state index in [1.165, 1.54) is 30.2 Å². The minimum absolute atomic E-state index is 0.503. The van der Waals surface area contributed by atoms with Crippen LogP contribution in [0.15, 0.2) is 28.7 Å². The largest absolute Gasteiger partial charge is 0.461 e. The number of benzene rings is 1. The highest BCUT2D eigenvalue weighted by Gasteiger charge is 2.32. The predicted octanol–water partition coefficient (Wildman–Crippen LogP) is 4.47. The standard InChI is InChI=1S/C15H18O/c1-11-4-5-14-12(8-11)9-13(16-14)10-15(2)6-3-7-15/h4-5,8-9H,3,6-7,10H2,1-2H3. The van der Waals surface area contributed by atoms with Crippen molar-refractivity contribution in [2.24, 2.45) is 5.41 Å². The molecule has 0 atom stereocenters. The molecule has 1 aromatic heterocycles. The van der Waals surface area contributed by atoms with Crippen LogP contribution in [0.3, 0.4) is 0 Å². The van der Waals surface area contributed by atoms with Crippen molar-refractivity contribution < 1.29 is 4.42 Å². The summed E-state index contributed by atoms with van der Waals surface area (Å²) in [7, 11) is 0. The molecule has 2 aromatic rings. The zero-order valence-electron chi connectivity index (χ0n) is 10.0. The quantitative estimate of drug-likeness (QED) is 0.718. The SMILES string of the molecule is Cc1ccc2oc(CC3(C)CCC3)cc2c1. The van der Waals surface area contributed by atoms with Crippen molar-refractivity contribution in [3.05, 3.63) is 35.6 Å². The first-order chi connectivity index (χ1) is 7.65. The van der Waals surface area contributed by atoms with E-state index in [-0.39, 0.29) is 0 Å². The molecule has 0 unspecified atom stereocenters. The topological polar surface area (TPSA) is 13.1 Å². The van der Waals surface area contributed by atoms with Crippen molar-refractivity contribution in [3.63, 3.8) is 0 Å². The van der Waals surface area contributed by atoms with E-state index in [2.05, 4.69) is 38.1 Å². The summed E-state index contributed by atoms with van der Waals surface area (Å²) >= 11 is 0. The van der Waals surface area contributed by atoms with Crippen LogP contribution in [-0.2, 0) is 6.42 Å². The number of fused-ring (bicyclic) bond motifs is 1. The first-order valence-electron chi connectivity index (χ1n) is 6.14. The van der Waals surface area contributed by atoms with Crippen molar-refractivity contribution in [1.29, 1.82) is 0 Å². The van der Waals surface area contributed by atoms with Crippen LogP contribution in [0.4, 0.5) is 0 Å². The van der Waals surface area contributed by atoms with Gasteiger partial charge in [0.05, 0.1) is 0 Å². The van der Waals surface area contributed by atoms with Crippen LogP contribution >= 0.6 is 0 Å². The molecule has 0 saturated heterocycles. The summed E-state index contributed by atoms with van der Waals surface area (Å²) in [6, 6.07) is 8.61. The predicted molar refractivity (Wildman–Crippen MR) is 66.6 cm³/mol. The molecule has 0 spiro atoms. The normalized spacial score (nSPS) is 18.6. The summed E-state index contributed by atoms with van der Waals surface area (Å²) in [6.45, 7) is 4.49. The van der Waals surface area contributed by atoms with Crippen LogP contribution in [0.25, 0.3) is 11.0 Å². The highest BCUT2D eigenvalue weighted by atomic mass is 16.3. The lowest BCUT2D eigenvalue weighted by atomic mass is 9.68. The fourth-order valence-corrected chi connectivity index (χ4v) is 2.68. The Hall–Kier alpha value is -1.24. The lowest BCUT2D eigenvalue weighted by Crippen LogP contribution is -2.27. The van der Waals surface area contributed by atoms with Gasteiger partial charge in [-0.15, -0.1) is 0 Å². The fraction of sp³-hybridized carbons (Fsp3) is 0.467. The van der Waals surface area contributed by atoms with Gasteiger partial charge in [0.2, 0.25) is 0 Å². The molecule has 1 saturated carbocycles. The Morgan fingerprint density at radius 1 is 1.25 bits per heavy atom. The van der Waals surface area contributed by atoms with Crippen LogP contribution in [0.5, 0.6) is 0 Å². The molecule has 0 aliphatic heterocycles. The molecule has 0 bridgehead atoms. The number of rotatable bonds is 2. The Morgan fingerprint density at radius 3 is 2.75 bits per heavy atom. The Balaban J connectivity index is 1.93. The highest BCUT2D eigenvalue weighted by molar-refractivity contribution is 5.78. The summed E-state index contributed by atoms with van der Waals surface area (Å²) in [4.78, 5) is 0. The van der Waals surface area contributed by atoms with Gasteiger partial charge in [-0.1, -0.05) is 25.0 Å². The fourth-order valence-electron chi connectivity index (χ4n) is 2.68. The Bertz CT molecular complexity index is 517. The van der Waals surface area contributed by atoms with Crippen molar-refractivity contribution in [3.8, 4) is 0 Å². The zero-order valence-corrected chi connectivity index (χ0v) is 10.0. The molecule has 0 N–H and O–H groups in total. The summed E-state index contributed by atoms with van der Waals surface area (Å²) in [5.41, 5.74) is 2.83. The van der Waals surface area contributed by atoms with Crippen LogP contribution in [0.1, 0.15) is 37.5 Å². The van der Waals surface area contributed by atoms with Crippen LogP contribution in [-0.4, -0.2) is 0 Å². The van der Waals surface area contributed by atoms with Crippen molar-refractivity contribution in [2.45, 2.75) is 39.5 Å². The maximum atomic E-state index is 5.89. The van der Waals surface area contributed by atoms with E-state index in [0.29, 0.717) is 5.41 Å². The first kappa shape index (κ1) is 9.95. The molecule has 0 radical (unpaired) electrons. The van der Waals surface area contributed by atoms with E-state index in [1.807, 2.05) is 0 Å². The first-order valence-corrected chi connectivity index (χ1v) is 6.14. The third-order valence-electron chi connectivity index (χ3n) is 3.88. The second kappa shape index (κ2) is 3.38. The van der Waals surface area contributed by atoms with Gasteiger partial charge >= 0.3 is 0 Å². The Labute approximate surface area is 96.5 Å². The Morgan fingerprint density at radius 2 is 2.06 bits per heavy atom. The average Bonchev–Trinajstić information content (AvgIpc) is 2.56. The van der Waals surface area contributed by atoms with Crippen LogP contribution in [0.2, 0.25) is 0 Å². The van der Waals surface area contributed by atoms with Gasteiger partial charge in [0.15, 0.2) is 0 Å². The minimum atomic E-state index is 0.503. The van der Waals surface area contributed by atoms with Gasteiger partial charge in [-0.25, -0.2) is 0 Å². The van der Waals surface area contributed by atoms with Gasteiger partial charge in [-0.2, -0.15) is 0 Å². The lowest BCUT2D eigenvalue weighted by Gasteiger charge is -2.37. The maximum Gasteiger partial charge on any atom is 0.134 e. The van der Waals surface area contributed by atoms with Gasteiger partial charge in [0, 0.05) is 11.8 Å². The van der Waals surface area contributed by atoms with Gasteiger partial charge in [-0.3, -0.25) is 0 Å². The summed E-state index contributed by atoms with van der Waals surface area (Å²) in [5, 5.41) is 1.25. The third kappa shape index (κ3) is 1.64. The second-order valence-electron chi connectivity index (χ2n) is 5.59. The number of hydrogen-bond acceptors (Lipinski definition) is 1. The smallest absolute Gasteiger partial charge is 0.134 e. The molecule has 16 heavy (non-hydrogen) atoms. The molecule has 1 heteroatoms. The Kier molecular flexibility index (Phi) is 2.10. The van der Waals surface area contributed by atoms with E-state index in [4.69, 9.17) is 4.42 Å². The molecule has 3 rings (SSSR count). The molecular weight excluding hydrogens is 196 g/mol. The minimum Gasteiger partial charge on any atom is -0.461 e. The molecule has 84 valence electrons. The van der Waals surface area contributed by atoms with E-state index < -0.39 is 0 Å². The zero-order chi connectivity index (χ0) is 11.2. The van der Waals surface area contributed by atoms with E-state index >= 15 is 0 Å². The van der Waals surface area contributed by atoms with Crippen molar-refractivity contribution in [1.82, 2.24) is 0 Å². The van der Waals surface area contributed by atoms with E-state index in [9.17, 15) is 0 Å². The van der Waals surface area contributed by atoms with E-state index in [1.54, 1.807) is 0 Å². The summed E-state index contributed by atoms with van der Waals surface area (Å²) in [6.07, 6.45) is 5.18. The molecule has 1 aliphatic carbocycles. The summed E-state index contributed by atoms with van der Waals surface area (Å²) < 4.78 is 5.89. The van der Waals surface area contributed by atoms with Crippen LogP contribution in [0, 0.1) is 12.3 Å². The third-order valence-corrected chi connectivity index (χ3v) is 3.88. The van der Waals surface area contributed by atoms with Crippen molar-refractivity contribution >= 4 is 11.0 Å². The maximum absolute atomic E-state index is 5.89. The van der Waals surface area contributed by atoms with Gasteiger partial charge in [0.25, 0.3) is 0 Å². The lowest BCUT2D eigenvalue weighted by molar-refractivity contribution is 0.152. The number of furan rings is 1. The molecule has 1 aliphatic rings. The number of hydrogen-bond donors (Lipinski definition) is 0. The molecular formula is C15H18O. The summed E-state index contributed by atoms with van der Waals surface area (Å²) in [5.74, 6) is 1.16. The van der Waals surface area contributed by atoms with E-state index in [0.717, 1.165) is 17.8 Å². The van der Waals surface area contributed by atoms with Crippen LogP contribution < -0.4 is 0 Å².